The first-order chi connectivity index (χ1) is 8.50. The van der Waals surface area contributed by atoms with Crippen molar-refractivity contribution in [3.05, 3.63) is 23.9 Å². The number of alkyl halides is 3. The van der Waals surface area contributed by atoms with Crippen molar-refractivity contribution in [1.82, 2.24) is 9.88 Å². The maximum absolute atomic E-state index is 12.4. The lowest BCUT2D eigenvalue weighted by Crippen LogP contribution is -2.52. The van der Waals surface area contributed by atoms with Crippen LogP contribution in [0.4, 0.5) is 19.0 Å². The highest BCUT2D eigenvalue weighted by Crippen LogP contribution is 2.23. The predicted octanol–water partition coefficient (Wildman–Crippen LogP) is 1.60. The highest BCUT2D eigenvalue weighted by atomic mass is 19.4. The summed E-state index contributed by atoms with van der Waals surface area (Å²) in [5.41, 5.74) is 0.438. The van der Waals surface area contributed by atoms with Gasteiger partial charge in [-0.2, -0.15) is 18.4 Å². The lowest BCUT2D eigenvalue weighted by Gasteiger charge is -2.35. The fourth-order valence-electron chi connectivity index (χ4n) is 1.83. The summed E-state index contributed by atoms with van der Waals surface area (Å²) in [6.07, 6.45) is -2.84. The quantitative estimate of drug-likeness (QED) is 0.716. The van der Waals surface area contributed by atoms with E-state index in [0.29, 0.717) is 16.3 Å². The molecule has 1 aliphatic rings. The molecule has 0 spiro atoms. The van der Waals surface area contributed by atoms with E-state index in [1.807, 2.05) is 6.07 Å². The Labute approximate surface area is 102 Å². The number of piperazine rings is 1. The lowest BCUT2D eigenvalue weighted by molar-refractivity contribution is -0.246. The largest absolute Gasteiger partial charge is 0.460 e. The standard InChI is InChI=1S/C11H11F3N4/c12-11(13,14)18-5-3-17(4-6-18)10-2-1-9(7-15)8-16-10/h1-2,8H,3-6H2. The van der Waals surface area contributed by atoms with Crippen LogP contribution in [-0.4, -0.2) is 42.4 Å². The zero-order valence-corrected chi connectivity index (χ0v) is 9.48. The van der Waals surface area contributed by atoms with E-state index in [4.69, 9.17) is 5.26 Å². The van der Waals surface area contributed by atoms with Crippen LogP contribution in [0.1, 0.15) is 5.56 Å². The molecule has 0 bridgehead atoms. The summed E-state index contributed by atoms with van der Waals surface area (Å²) in [6.45, 7) is 0.424. The van der Waals surface area contributed by atoms with E-state index in [2.05, 4.69) is 4.98 Å². The van der Waals surface area contributed by atoms with Crippen molar-refractivity contribution < 1.29 is 13.2 Å². The van der Waals surface area contributed by atoms with Gasteiger partial charge < -0.3 is 4.90 Å². The molecule has 0 aromatic carbocycles. The molecule has 1 aromatic rings. The molecule has 0 N–H and O–H groups in total. The summed E-state index contributed by atoms with van der Waals surface area (Å²) in [7, 11) is 0. The molecule has 0 radical (unpaired) electrons. The van der Waals surface area contributed by atoms with Gasteiger partial charge in [0.15, 0.2) is 0 Å². The topological polar surface area (TPSA) is 43.2 Å². The number of nitriles is 1. The van der Waals surface area contributed by atoms with E-state index < -0.39 is 6.30 Å². The van der Waals surface area contributed by atoms with Crippen molar-refractivity contribution >= 4 is 5.82 Å². The number of rotatable bonds is 1. The van der Waals surface area contributed by atoms with Crippen molar-refractivity contribution in [3.8, 4) is 6.07 Å². The third-order valence-electron chi connectivity index (χ3n) is 2.84. The molecule has 2 heterocycles. The van der Waals surface area contributed by atoms with Crippen LogP contribution in [-0.2, 0) is 0 Å². The normalized spacial score (nSPS) is 17.6. The van der Waals surface area contributed by atoms with E-state index in [-0.39, 0.29) is 26.2 Å². The second-order valence-electron chi connectivity index (χ2n) is 3.96. The summed E-state index contributed by atoms with van der Waals surface area (Å²) in [5.74, 6) is 0.607. The van der Waals surface area contributed by atoms with Gasteiger partial charge in [0.25, 0.3) is 0 Å². The molecule has 1 fully saturated rings. The van der Waals surface area contributed by atoms with Gasteiger partial charge in [-0.1, -0.05) is 0 Å². The predicted molar refractivity (Wildman–Crippen MR) is 58.8 cm³/mol. The first kappa shape index (κ1) is 12.6. The number of hydrogen-bond acceptors (Lipinski definition) is 4. The van der Waals surface area contributed by atoms with Crippen LogP contribution < -0.4 is 4.90 Å². The minimum absolute atomic E-state index is 0.0643. The Hall–Kier alpha value is -1.81. The molecule has 0 amide bonds. The molecular weight excluding hydrogens is 245 g/mol. The molecule has 2 rings (SSSR count). The van der Waals surface area contributed by atoms with E-state index >= 15 is 0 Å². The average molecular weight is 256 g/mol. The Balaban J connectivity index is 1.99. The SMILES string of the molecule is N#Cc1ccc(N2CCN(C(F)(F)F)CC2)nc1. The van der Waals surface area contributed by atoms with Gasteiger partial charge in [-0.3, -0.25) is 0 Å². The smallest absolute Gasteiger partial charge is 0.354 e. The maximum Gasteiger partial charge on any atom is 0.460 e. The van der Waals surface area contributed by atoms with E-state index in [1.54, 1.807) is 17.0 Å². The maximum atomic E-state index is 12.4. The summed E-state index contributed by atoms with van der Waals surface area (Å²) >= 11 is 0. The lowest BCUT2D eigenvalue weighted by atomic mass is 10.3. The van der Waals surface area contributed by atoms with Crippen molar-refractivity contribution in [2.45, 2.75) is 6.30 Å². The molecule has 0 atom stereocenters. The van der Waals surface area contributed by atoms with Gasteiger partial charge in [-0.05, 0) is 12.1 Å². The van der Waals surface area contributed by atoms with Crippen molar-refractivity contribution in [1.29, 1.82) is 5.26 Å². The molecule has 96 valence electrons. The van der Waals surface area contributed by atoms with Crippen molar-refractivity contribution in [2.24, 2.45) is 0 Å². The Morgan fingerprint density at radius 1 is 1.17 bits per heavy atom. The summed E-state index contributed by atoms with van der Waals surface area (Å²) in [5, 5.41) is 8.63. The second-order valence-corrected chi connectivity index (χ2v) is 3.96. The van der Waals surface area contributed by atoms with Gasteiger partial charge in [0.05, 0.1) is 5.56 Å². The Bertz CT molecular complexity index is 441. The molecule has 1 saturated heterocycles. The van der Waals surface area contributed by atoms with E-state index in [9.17, 15) is 13.2 Å². The first-order valence-corrected chi connectivity index (χ1v) is 5.43. The highest BCUT2D eigenvalue weighted by molar-refractivity contribution is 5.42. The third kappa shape index (κ3) is 2.71. The number of pyridine rings is 1. The van der Waals surface area contributed by atoms with Gasteiger partial charge in [0, 0.05) is 32.4 Å². The Morgan fingerprint density at radius 3 is 2.28 bits per heavy atom. The Morgan fingerprint density at radius 2 is 1.83 bits per heavy atom. The second kappa shape index (κ2) is 4.82. The van der Waals surface area contributed by atoms with E-state index in [0.717, 1.165) is 0 Å². The van der Waals surface area contributed by atoms with Gasteiger partial charge in [0.2, 0.25) is 0 Å². The highest BCUT2D eigenvalue weighted by Gasteiger charge is 2.38. The molecule has 0 saturated carbocycles. The van der Waals surface area contributed by atoms with Crippen LogP contribution in [0.5, 0.6) is 0 Å². The first-order valence-electron chi connectivity index (χ1n) is 5.43. The molecule has 0 unspecified atom stereocenters. The van der Waals surface area contributed by atoms with E-state index in [1.165, 1.54) is 6.20 Å². The van der Waals surface area contributed by atoms with Crippen LogP contribution in [0, 0.1) is 11.3 Å². The van der Waals surface area contributed by atoms with Gasteiger partial charge in [0.1, 0.15) is 11.9 Å². The molecule has 1 aliphatic heterocycles. The van der Waals surface area contributed by atoms with Gasteiger partial charge in [-0.15, -0.1) is 0 Å². The van der Waals surface area contributed by atoms with Crippen LogP contribution in [0.3, 0.4) is 0 Å². The molecular formula is C11H11F3N4. The zero-order chi connectivity index (χ0) is 13.2. The summed E-state index contributed by atoms with van der Waals surface area (Å²) in [4.78, 5) is 6.34. The number of aromatic nitrogens is 1. The summed E-state index contributed by atoms with van der Waals surface area (Å²) < 4.78 is 37.3. The molecule has 7 heteroatoms. The molecule has 1 aromatic heterocycles. The molecule has 4 nitrogen and oxygen atoms in total. The van der Waals surface area contributed by atoms with Crippen molar-refractivity contribution in [2.75, 3.05) is 31.1 Å². The van der Waals surface area contributed by atoms with Gasteiger partial charge >= 0.3 is 6.30 Å². The van der Waals surface area contributed by atoms with Crippen LogP contribution in [0.2, 0.25) is 0 Å². The molecule has 18 heavy (non-hydrogen) atoms. The summed E-state index contributed by atoms with van der Waals surface area (Å²) in [6, 6.07) is 5.21. The average Bonchev–Trinajstić information content (AvgIpc) is 2.38. The van der Waals surface area contributed by atoms with Gasteiger partial charge in [-0.25, -0.2) is 9.88 Å². The van der Waals surface area contributed by atoms with Crippen LogP contribution >= 0.6 is 0 Å². The van der Waals surface area contributed by atoms with Crippen LogP contribution in [0.15, 0.2) is 18.3 Å². The number of anilines is 1. The fourth-order valence-corrected chi connectivity index (χ4v) is 1.83. The Kier molecular flexibility index (Phi) is 3.39. The number of nitrogens with zero attached hydrogens (tertiary/aromatic N) is 4. The third-order valence-corrected chi connectivity index (χ3v) is 2.84. The zero-order valence-electron chi connectivity index (χ0n) is 9.48. The number of hydrogen-bond donors (Lipinski definition) is 0. The van der Waals surface area contributed by atoms with Crippen LogP contribution in [0.25, 0.3) is 0 Å². The molecule has 0 aliphatic carbocycles. The minimum atomic E-state index is -4.26. The minimum Gasteiger partial charge on any atom is -0.354 e. The monoisotopic (exact) mass is 256 g/mol. The fraction of sp³-hybridized carbons (Fsp3) is 0.455. The number of halogens is 3. The van der Waals surface area contributed by atoms with Crippen molar-refractivity contribution in [3.63, 3.8) is 0 Å².